The number of hydrogen-bond acceptors (Lipinski definition) is 3. The number of aromatic hydroxyl groups is 1. The van der Waals surface area contributed by atoms with Gasteiger partial charge >= 0.3 is 5.97 Å². The minimum absolute atomic E-state index is 0.0422. The monoisotopic (exact) mass is 265 g/mol. The van der Waals surface area contributed by atoms with Crippen LogP contribution < -0.4 is 0 Å². The standard InChI is InChI=1S/C15H23NO3/c1-4-13(12-7-5-6-8-14(12)17)16(11(2)3)10-9-15(18)19/h5-8,11,13,17H,4,9-10H2,1-3H3,(H,18,19). The molecule has 0 aliphatic rings. The van der Waals surface area contributed by atoms with Crippen molar-refractivity contribution in [3.05, 3.63) is 29.8 Å². The van der Waals surface area contributed by atoms with E-state index in [1.165, 1.54) is 0 Å². The Morgan fingerprint density at radius 3 is 2.42 bits per heavy atom. The lowest BCUT2D eigenvalue weighted by Crippen LogP contribution is -2.36. The van der Waals surface area contributed by atoms with Gasteiger partial charge in [0.15, 0.2) is 0 Å². The molecule has 1 unspecified atom stereocenters. The SMILES string of the molecule is CCC(c1ccccc1O)N(CCC(=O)O)C(C)C. The second-order valence-electron chi connectivity index (χ2n) is 4.96. The maximum atomic E-state index is 10.8. The summed E-state index contributed by atoms with van der Waals surface area (Å²) in [7, 11) is 0. The Kier molecular flexibility index (Phi) is 5.83. The van der Waals surface area contributed by atoms with Crippen LogP contribution in [0.25, 0.3) is 0 Å². The van der Waals surface area contributed by atoms with Gasteiger partial charge in [0, 0.05) is 24.2 Å². The Hall–Kier alpha value is -1.55. The van der Waals surface area contributed by atoms with Crippen molar-refractivity contribution in [2.24, 2.45) is 0 Å². The van der Waals surface area contributed by atoms with Crippen molar-refractivity contribution in [3.8, 4) is 5.75 Å². The van der Waals surface area contributed by atoms with Gasteiger partial charge in [-0.2, -0.15) is 0 Å². The molecule has 0 heterocycles. The van der Waals surface area contributed by atoms with Crippen LogP contribution in [0.2, 0.25) is 0 Å². The highest BCUT2D eigenvalue weighted by atomic mass is 16.4. The maximum absolute atomic E-state index is 10.8. The van der Waals surface area contributed by atoms with Crippen LogP contribution in [0.15, 0.2) is 24.3 Å². The number of nitrogens with zero attached hydrogens (tertiary/aromatic N) is 1. The zero-order valence-electron chi connectivity index (χ0n) is 11.8. The van der Waals surface area contributed by atoms with Crippen LogP contribution in [-0.2, 0) is 4.79 Å². The van der Waals surface area contributed by atoms with Gasteiger partial charge in [0.2, 0.25) is 0 Å². The number of carboxylic acid groups (broad SMARTS) is 1. The van der Waals surface area contributed by atoms with Gasteiger partial charge in [-0.25, -0.2) is 0 Å². The molecule has 0 bridgehead atoms. The first-order valence-electron chi connectivity index (χ1n) is 6.72. The number of carboxylic acids is 1. The molecule has 0 fully saturated rings. The first-order chi connectivity index (χ1) is 8.97. The molecule has 0 amide bonds. The molecule has 0 saturated carbocycles. The summed E-state index contributed by atoms with van der Waals surface area (Å²) in [5.74, 6) is -0.520. The zero-order valence-corrected chi connectivity index (χ0v) is 11.8. The van der Waals surface area contributed by atoms with Crippen LogP contribution in [0.5, 0.6) is 5.75 Å². The minimum atomic E-state index is -0.794. The molecule has 1 atom stereocenters. The number of phenols is 1. The topological polar surface area (TPSA) is 60.8 Å². The van der Waals surface area contributed by atoms with Crippen molar-refractivity contribution in [3.63, 3.8) is 0 Å². The Labute approximate surface area is 114 Å². The quantitative estimate of drug-likeness (QED) is 0.795. The highest BCUT2D eigenvalue weighted by Crippen LogP contribution is 2.32. The molecule has 1 aromatic carbocycles. The van der Waals surface area contributed by atoms with Crippen molar-refractivity contribution in [1.82, 2.24) is 4.90 Å². The minimum Gasteiger partial charge on any atom is -0.508 e. The molecule has 106 valence electrons. The maximum Gasteiger partial charge on any atom is 0.304 e. The molecule has 1 aromatic rings. The second-order valence-corrected chi connectivity index (χ2v) is 4.96. The molecule has 0 radical (unpaired) electrons. The first kappa shape index (κ1) is 15.5. The van der Waals surface area contributed by atoms with E-state index in [-0.39, 0.29) is 24.3 Å². The molecule has 1 rings (SSSR count). The van der Waals surface area contributed by atoms with E-state index in [4.69, 9.17) is 5.11 Å². The van der Waals surface area contributed by atoms with Gasteiger partial charge in [-0.15, -0.1) is 0 Å². The van der Waals surface area contributed by atoms with E-state index in [0.717, 1.165) is 12.0 Å². The first-order valence-corrected chi connectivity index (χ1v) is 6.72. The van der Waals surface area contributed by atoms with Gasteiger partial charge in [-0.1, -0.05) is 25.1 Å². The van der Waals surface area contributed by atoms with E-state index < -0.39 is 5.97 Å². The Bertz CT molecular complexity index is 418. The normalized spacial score (nSPS) is 12.9. The van der Waals surface area contributed by atoms with Gasteiger partial charge in [0.25, 0.3) is 0 Å². The fourth-order valence-electron chi connectivity index (χ4n) is 2.40. The molecule has 0 aliphatic heterocycles. The fraction of sp³-hybridized carbons (Fsp3) is 0.533. The number of phenolic OH excluding ortho intramolecular Hbond substituents is 1. The highest BCUT2D eigenvalue weighted by molar-refractivity contribution is 5.66. The number of benzene rings is 1. The molecule has 0 aliphatic carbocycles. The van der Waals surface area contributed by atoms with Crippen LogP contribution in [0.1, 0.15) is 45.2 Å². The summed E-state index contributed by atoms with van der Waals surface area (Å²) in [4.78, 5) is 12.9. The third-order valence-corrected chi connectivity index (χ3v) is 3.33. The molecule has 0 spiro atoms. The van der Waals surface area contributed by atoms with Crippen LogP contribution in [0.3, 0.4) is 0 Å². The predicted octanol–water partition coefficient (Wildman–Crippen LogP) is 3.03. The van der Waals surface area contributed by atoms with Crippen molar-refractivity contribution in [2.75, 3.05) is 6.54 Å². The third-order valence-electron chi connectivity index (χ3n) is 3.33. The summed E-state index contributed by atoms with van der Waals surface area (Å²) < 4.78 is 0. The van der Waals surface area contributed by atoms with E-state index in [1.54, 1.807) is 12.1 Å². The van der Waals surface area contributed by atoms with E-state index in [0.29, 0.717) is 6.54 Å². The second kappa shape index (κ2) is 7.14. The summed E-state index contributed by atoms with van der Waals surface area (Å²) in [6.07, 6.45) is 0.942. The zero-order chi connectivity index (χ0) is 14.4. The summed E-state index contributed by atoms with van der Waals surface area (Å²) >= 11 is 0. The van der Waals surface area contributed by atoms with Gasteiger partial charge in [-0.3, -0.25) is 9.69 Å². The lowest BCUT2D eigenvalue weighted by molar-refractivity contribution is -0.137. The highest BCUT2D eigenvalue weighted by Gasteiger charge is 2.23. The van der Waals surface area contributed by atoms with E-state index >= 15 is 0 Å². The average Bonchev–Trinajstić information content (AvgIpc) is 2.35. The molecule has 0 saturated heterocycles. The van der Waals surface area contributed by atoms with Crippen LogP contribution in [0, 0.1) is 0 Å². The third kappa shape index (κ3) is 4.24. The summed E-state index contributed by atoms with van der Waals surface area (Å²) in [6, 6.07) is 7.54. The van der Waals surface area contributed by atoms with E-state index in [1.807, 2.05) is 32.9 Å². The smallest absolute Gasteiger partial charge is 0.304 e. The summed E-state index contributed by atoms with van der Waals surface area (Å²) in [5.41, 5.74) is 0.865. The molecule has 2 N–H and O–H groups in total. The van der Waals surface area contributed by atoms with E-state index in [9.17, 15) is 9.90 Å². The van der Waals surface area contributed by atoms with Crippen LogP contribution in [0.4, 0.5) is 0 Å². The van der Waals surface area contributed by atoms with Crippen molar-refractivity contribution in [2.45, 2.75) is 45.7 Å². The Morgan fingerprint density at radius 1 is 1.32 bits per heavy atom. The van der Waals surface area contributed by atoms with Crippen molar-refractivity contribution >= 4 is 5.97 Å². The van der Waals surface area contributed by atoms with Gasteiger partial charge in [0.1, 0.15) is 5.75 Å². The van der Waals surface area contributed by atoms with Gasteiger partial charge < -0.3 is 10.2 Å². The molecular weight excluding hydrogens is 242 g/mol. The number of hydrogen-bond donors (Lipinski definition) is 2. The lowest BCUT2D eigenvalue weighted by Gasteiger charge is -2.34. The number of carbonyl (C=O) groups is 1. The molecular formula is C15H23NO3. The molecule has 4 heteroatoms. The Morgan fingerprint density at radius 2 is 1.95 bits per heavy atom. The van der Waals surface area contributed by atoms with Crippen molar-refractivity contribution in [1.29, 1.82) is 0 Å². The molecule has 4 nitrogen and oxygen atoms in total. The van der Waals surface area contributed by atoms with Crippen LogP contribution >= 0.6 is 0 Å². The van der Waals surface area contributed by atoms with Gasteiger partial charge in [-0.05, 0) is 26.3 Å². The number of rotatable bonds is 7. The number of para-hydroxylation sites is 1. The van der Waals surface area contributed by atoms with E-state index in [2.05, 4.69) is 4.90 Å². The summed E-state index contributed by atoms with van der Waals surface area (Å²) in [5, 5.41) is 18.8. The lowest BCUT2D eigenvalue weighted by atomic mass is 10.00. The molecule has 19 heavy (non-hydrogen) atoms. The van der Waals surface area contributed by atoms with Gasteiger partial charge in [0.05, 0.1) is 6.42 Å². The fourth-order valence-corrected chi connectivity index (χ4v) is 2.40. The Balaban J connectivity index is 2.96. The van der Waals surface area contributed by atoms with Crippen LogP contribution in [-0.4, -0.2) is 33.7 Å². The average molecular weight is 265 g/mol. The molecule has 0 aromatic heterocycles. The largest absolute Gasteiger partial charge is 0.508 e. The number of aliphatic carboxylic acids is 1. The summed E-state index contributed by atoms with van der Waals surface area (Å²) in [6.45, 7) is 6.63. The van der Waals surface area contributed by atoms with Crippen molar-refractivity contribution < 1.29 is 15.0 Å². The predicted molar refractivity (Wildman–Crippen MR) is 75.2 cm³/mol.